The number of benzene rings is 1. The first-order chi connectivity index (χ1) is 4.43. The van der Waals surface area contributed by atoms with E-state index in [1.807, 2.05) is 31.2 Å². The first kappa shape index (κ1) is 9.18. The summed E-state index contributed by atoms with van der Waals surface area (Å²) in [6.45, 7) is 2.02. The fraction of sp³-hybridized carbons (Fsp3) is 0.111. The Kier molecular flexibility index (Phi) is 4.59. The minimum atomic E-state index is 0. The van der Waals surface area contributed by atoms with Crippen LogP contribution in [0.2, 0.25) is 0 Å². The van der Waals surface area contributed by atoms with Crippen LogP contribution in [0.5, 0.6) is 0 Å². The lowest BCUT2D eigenvalue weighted by Gasteiger charge is -1.86. The van der Waals surface area contributed by atoms with Gasteiger partial charge in [-0.2, -0.15) is 0 Å². The highest BCUT2D eigenvalue weighted by Gasteiger charge is 1.77. The van der Waals surface area contributed by atoms with Crippen LogP contribution in [-0.4, -0.2) is 11.0 Å². The monoisotopic (exact) mass is 150 g/mol. The SMILES string of the molecule is CC=Cc1ccccc1.[SiH4]. The van der Waals surface area contributed by atoms with Crippen molar-refractivity contribution in [2.24, 2.45) is 0 Å². The molecular formula is C9H14Si. The van der Waals surface area contributed by atoms with Crippen LogP contribution >= 0.6 is 0 Å². The molecular weight excluding hydrogens is 136 g/mol. The third kappa shape index (κ3) is 2.64. The lowest BCUT2D eigenvalue weighted by Crippen LogP contribution is -1.65. The maximum Gasteiger partial charge on any atom is -0.0149 e. The second kappa shape index (κ2) is 5.00. The van der Waals surface area contributed by atoms with E-state index in [0.717, 1.165) is 0 Å². The van der Waals surface area contributed by atoms with Gasteiger partial charge < -0.3 is 0 Å². The molecule has 0 heterocycles. The van der Waals surface area contributed by atoms with Gasteiger partial charge in [-0.25, -0.2) is 0 Å². The van der Waals surface area contributed by atoms with E-state index in [0.29, 0.717) is 0 Å². The van der Waals surface area contributed by atoms with Gasteiger partial charge in [0.2, 0.25) is 0 Å². The summed E-state index contributed by atoms with van der Waals surface area (Å²) in [5, 5.41) is 0. The Morgan fingerprint density at radius 1 is 1.10 bits per heavy atom. The molecule has 10 heavy (non-hydrogen) atoms. The summed E-state index contributed by atoms with van der Waals surface area (Å²) < 4.78 is 0. The molecule has 0 bridgehead atoms. The van der Waals surface area contributed by atoms with Crippen LogP contribution in [0.1, 0.15) is 12.5 Å². The Morgan fingerprint density at radius 3 is 2.20 bits per heavy atom. The van der Waals surface area contributed by atoms with Gasteiger partial charge in [0.1, 0.15) is 0 Å². The van der Waals surface area contributed by atoms with Crippen molar-refractivity contribution in [3.05, 3.63) is 42.0 Å². The van der Waals surface area contributed by atoms with E-state index in [2.05, 4.69) is 18.2 Å². The standard InChI is InChI=1S/C9H10.H4Si/c1-2-6-9-7-4-3-5-8-9;/h2-8H,1H3;1H4. The molecule has 0 amide bonds. The fourth-order valence-corrected chi connectivity index (χ4v) is 0.757. The van der Waals surface area contributed by atoms with E-state index in [1.54, 1.807) is 0 Å². The van der Waals surface area contributed by atoms with Gasteiger partial charge in [0.15, 0.2) is 0 Å². The molecule has 0 fully saturated rings. The molecule has 0 aliphatic rings. The van der Waals surface area contributed by atoms with Gasteiger partial charge in [-0.05, 0) is 23.5 Å². The molecule has 1 aromatic rings. The summed E-state index contributed by atoms with van der Waals surface area (Å²) in [4.78, 5) is 0. The summed E-state index contributed by atoms with van der Waals surface area (Å²) in [5.41, 5.74) is 1.26. The lowest BCUT2D eigenvalue weighted by molar-refractivity contribution is 1.64. The summed E-state index contributed by atoms with van der Waals surface area (Å²) in [7, 11) is 0. The van der Waals surface area contributed by atoms with Crippen LogP contribution in [0.25, 0.3) is 6.08 Å². The van der Waals surface area contributed by atoms with Crippen LogP contribution in [0.3, 0.4) is 0 Å². The molecule has 1 aromatic carbocycles. The molecule has 0 radical (unpaired) electrons. The number of hydrogen-bond donors (Lipinski definition) is 0. The van der Waals surface area contributed by atoms with Crippen molar-refractivity contribution in [2.45, 2.75) is 6.92 Å². The van der Waals surface area contributed by atoms with Crippen LogP contribution in [0.15, 0.2) is 36.4 Å². The predicted molar refractivity (Wildman–Crippen MR) is 52.5 cm³/mol. The maximum absolute atomic E-state index is 2.08. The Labute approximate surface area is 66.6 Å². The fourth-order valence-electron chi connectivity index (χ4n) is 0.757. The van der Waals surface area contributed by atoms with Gasteiger partial charge in [-0.15, -0.1) is 0 Å². The average Bonchev–Trinajstić information content (AvgIpc) is 1.91. The van der Waals surface area contributed by atoms with E-state index < -0.39 is 0 Å². The van der Waals surface area contributed by atoms with Gasteiger partial charge >= 0.3 is 0 Å². The maximum atomic E-state index is 2.08. The third-order valence-electron chi connectivity index (χ3n) is 1.16. The topological polar surface area (TPSA) is 0 Å². The Bertz CT molecular complexity index is 189. The highest BCUT2D eigenvalue weighted by molar-refractivity contribution is 5.75. The predicted octanol–water partition coefficient (Wildman–Crippen LogP) is 1.27. The molecule has 1 rings (SSSR count). The van der Waals surface area contributed by atoms with E-state index >= 15 is 0 Å². The molecule has 54 valence electrons. The molecule has 0 aliphatic heterocycles. The summed E-state index contributed by atoms with van der Waals surface area (Å²) in [6, 6.07) is 10.3. The van der Waals surface area contributed by atoms with Gasteiger partial charge in [0.25, 0.3) is 0 Å². The number of allylic oxidation sites excluding steroid dienone is 1. The molecule has 0 aliphatic carbocycles. The van der Waals surface area contributed by atoms with Crippen molar-refractivity contribution in [3.63, 3.8) is 0 Å². The highest BCUT2D eigenvalue weighted by atomic mass is 28.1. The second-order valence-corrected chi connectivity index (χ2v) is 1.91. The van der Waals surface area contributed by atoms with Crippen molar-refractivity contribution < 1.29 is 0 Å². The minimum absolute atomic E-state index is 0. The van der Waals surface area contributed by atoms with E-state index in [1.165, 1.54) is 5.56 Å². The molecule has 0 unspecified atom stereocenters. The Hall–Kier alpha value is -0.823. The zero-order chi connectivity index (χ0) is 6.53. The van der Waals surface area contributed by atoms with Gasteiger partial charge in [-0.3, -0.25) is 0 Å². The molecule has 0 N–H and O–H groups in total. The minimum Gasteiger partial charge on any atom is -0.0871 e. The molecule has 0 nitrogen and oxygen atoms in total. The van der Waals surface area contributed by atoms with Crippen LogP contribution in [0.4, 0.5) is 0 Å². The van der Waals surface area contributed by atoms with Gasteiger partial charge in [0.05, 0.1) is 0 Å². The zero-order valence-electron chi connectivity index (χ0n) is 5.54. The first-order valence-corrected chi connectivity index (χ1v) is 3.11. The first-order valence-electron chi connectivity index (χ1n) is 3.11. The van der Waals surface area contributed by atoms with Crippen LogP contribution in [-0.2, 0) is 0 Å². The van der Waals surface area contributed by atoms with E-state index in [-0.39, 0.29) is 11.0 Å². The third-order valence-corrected chi connectivity index (χ3v) is 1.16. The van der Waals surface area contributed by atoms with Crippen LogP contribution in [0, 0.1) is 0 Å². The molecule has 0 aromatic heterocycles. The molecule has 0 spiro atoms. The number of hydrogen-bond acceptors (Lipinski definition) is 0. The molecule has 0 saturated heterocycles. The van der Waals surface area contributed by atoms with E-state index in [4.69, 9.17) is 0 Å². The second-order valence-electron chi connectivity index (χ2n) is 1.91. The van der Waals surface area contributed by atoms with E-state index in [9.17, 15) is 0 Å². The zero-order valence-corrected chi connectivity index (χ0v) is 5.54. The van der Waals surface area contributed by atoms with Crippen molar-refractivity contribution in [2.75, 3.05) is 0 Å². The van der Waals surface area contributed by atoms with Crippen molar-refractivity contribution >= 4 is 17.0 Å². The Morgan fingerprint density at radius 2 is 1.70 bits per heavy atom. The summed E-state index contributed by atoms with van der Waals surface area (Å²) in [6.07, 6.45) is 4.12. The average molecular weight is 150 g/mol. The lowest BCUT2D eigenvalue weighted by atomic mass is 10.2. The summed E-state index contributed by atoms with van der Waals surface area (Å²) >= 11 is 0. The van der Waals surface area contributed by atoms with Crippen molar-refractivity contribution in [1.82, 2.24) is 0 Å². The van der Waals surface area contributed by atoms with Crippen molar-refractivity contribution in [1.29, 1.82) is 0 Å². The Balaban J connectivity index is 0.000000810. The largest absolute Gasteiger partial charge is 0.0871 e. The quantitative estimate of drug-likeness (QED) is 0.529. The number of rotatable bonds is 1. The van der Waals surface area contributed by atoms with Crippen molar-refractivity contribution in [3.8, 4) is 0 Å². The molecule has 0 atom stereocenters. The van der Waals surface area contributed by atoms with Gasteiger partial charge in [-0.1, -0.05) is 42.5 Å². The normalized spacial score (nSPS) is 9.30. The van der Waals surface area contributed by atoms with Crippen LogP contribution < -0.4 is 0 Å². The smallest absolute Gasteiger partial charge is 0.0149 e. The molecule has 0 saturated carbocycles. The van der Waals surface area contributed by atoms with Gasteiger partial charge in [0, 0.05) is 0 Å². The summed E-state index contributed by atoms with van der Waals surface area (Å²) in [5.74, 6) is 0. The highest BCUT2D eigenvalue weighted by Crippen LogP contribution is 1.99. The molecule has 1 heteroatoms.